The number of nitrogens with zero attached hydrogens (tertiary/aromatic N) is 4. The van der Waals surface area contributed by atoms with Crippen LogP contribution in [0.3, 0.4) is 0 Å². The van der Waals surface area contributed by atoms with Gasteiger partial charge in [-0.15, -0.1) is 0 Å². The van der Waals surface area contributed by atoms with Gasteiger partial charge in [-0.05, 0) is 49.9 Å². The van der Waals surface area contributed by atoms with Gasteiger partial charge in [0.05, 0.1) is 43.7 Å². The normalized spacial score (nSPS) is 19.7. The highest BCUT2D eigenvalue weighted by atomic mass is 32.2. The Kier molecular flexibility index (Phi) is 9.73. The summed E-state index contributed by atoms with van der Waals surface area (Å²) in [6.07, 6.45) is 3.02. The number of sulfonamides is 1. The smallest absolute Gasteiger partial charge is 0.263 e. The second-order valence-electron chi connectivity index (χ2n) is 12.7. The van der Waals surface area contributed by atoms with Gasteiger partial charge in [0.1, 0.15) is 11.6 Å². The first-order chi connectivity index (χ1) is 23.1. The Hall–Kier alpha value is -4.07. The first kappa shape index (κ1) is 33.8. The lowest BCUT2D eigenvalue weighted by Crippen LogP contribution is -2.48. The van der Waals surface area contributed by atoms with Crippen LogP contribution < -0.4 is 4.72 Å². The lowest BCUT2D eigenvalue weighted by Gasteiger charge is -2.30. The highest BCUT2D eigenvalue weighted by molar-refractivity contribution is 7.92. The number of carbonyl (C=O) groups is 2. The number of unbranched alkanes of at least 4 members (excludes halogenated alkanes) is 1. The van der Waals surface area contributed by atoms with E-state index >= 15 is 0 Å². The van der Waals surface area contributed by atoms with Crippen LogP contribution in [-0.2, 0) is 42.2 Å². The second-order valence-corrected chi connectivity index (χ2v) is 14.4. The van der Waals surface area contributed by atoms with E-state index in [9.17, 15) is 18.0 Å². The maximum Gasteiger partial charge on any atom is 0.263 e. The van der Waals surface area contributed by atoms with Crippen LogP contribution >= 0.6 is 0 Å². The summed E-state index contributed by atoms with van der Waals surface area (Å²) < 4.78 is 46.2. The maximum absolute atomic E-state index is 14.1. The van der Waals surface area contributed by atoms with Crippen molar-refractivity contribution in [3.05, 3.63) is 64.9 Å². The number of hydrogen-bond acceptors (Lipinski definition) is 9. The molecule has 0 aliphatic carbocycles. The Labute approximate surface area is 281 Å². The molecule has 3 aliphatic heterocycles. The van der Waals surface area contributed by atoms with E-state index in [-0.39, 0.29) is 41.6 Å². The van der Waals surface area contributed by atoms with Crippen molar-refractivity contribution in [2.75, 3.05) is 37.6 Å². The van der Waals surface area contributed by atoms with E-state index in [0.717, 1.165) is 29.8 Å². The molecule has 256 valence electrons. The summed E-state index contributed by atoms with van der Waals surface area (Å²) in [6.45, 7) is 10.1. The first-order valence-electron chi connectivity index (χ1n) is 16.6. The average Bonchev–Trinajstić information content (AvgIpc) is 3.70. The molecule has 3 aliphatic rings. The number of nitrogens with one attached hydrogen (secondary N) is 1. The van der Waals surface area contributed by atoms with Crippen molar-refractivity contribution < 1.29 is 32.0 Å². The van der Waals surface area contributed by atoms with Crippen molar-refractivity contribution in [2.45, 2.75) is 77.0 Å². The van der Waals surface area contributed by atoms with Gasteiger partial charge in [0.2, 0.25) is 5.91 Å². The number of rotatable bonds is 13. The number of anilines is 1. The molecule has 1 N–H and O–H groups in total. The summed E-state index contributed by atoms with van der Waals surface area (Å²) >= 11 is 0. The lowest BCUT2D eigenvalue weighted by atomic mass is 9.96. The van der Waals surface area contributed by atoms with Gasteiger partial charge in [-0.3, -0.25) is 24.2 Å². The zero-order valence-corrected chi connectivity index (χ0v) is 28.8. The van der Waals surface area contributed by atoms with Gasteiger partial charge >= 0.3 is 0 Å². The molecule has 1 atom stereocenters. The standard InChI is InChI=1S/C35H43N5O7S/c1-5-7-12-31-36-35(15-16-39(22-35)33(41)27-20-46-21-27)34(42)40(31)18-25-13-14-28(26(17-25)19-45-6-2)29-10-8-9-11-30(29)48(43,44)38-32-23(3)24(4)47-37-32/h8-11,13-14,17,27H,5-7,12,15-16,18-22H2,1-4H3,(H,37,38)/t35-/m0/s1. The van der Waals surface area contributed by atoms with Crippen molar-refractivity contribution >= 4 is 33.5 Å². The number of hydrogen-bond donors (Lipinski definition) is 1. The molecule has 3 aromatic rings. The van der Waals surface area contributed by atoms with Crippen molar-refractivity contribution in [3.8, 4) is 11.1 Å². The SMILES string of the molecule is CCCCC1=N[C@]2(CCN(C(=O)C3COC3)C2)C(=O)N1Cc1ccc(-c2ccccc2S(=O)(=O)Nc2noc(C)c2C)c(COCC)c1. The number of aromatic nitrogens is 1. The molecule has 2 fully saturated rings. The molecule has 2 aromatic carbocycles. The molecule has 0 unspecified atom stereocenters. The van der Waals surface area contributed by atoms with Crippen LogP contribution in [0.25, 0.3) is 11.1 Å². The van der Waals surface area contributed by atoms with E-state index in [2.05, 4.69) is 16.8 Å². The van der Waals surface area contributed by atoms with Crippen LogP contribution in [0.15, 0.2) is 56.9 Å². The third-order valence-corrected chi connectivity index (χ3v) is 10.8. The van der Waals surface area contributed by atoms with Gasteiger partial charge < -0.3 is 18.9 Å². The summed E-state index contributed by atoms with van der Waals surface area (Å²) in [5.74, 6) is 1.25. The first-order valence-corrected chi connectivity index (χ1v) is 18.1. The van der Waals surface area contributed by atoms with Gasteiger partial charge in [-0.1, -0.05) is 54.9 Å². The molecule has 12 nitrogen and oxygen atoms in total. The molecule has 6 rings (SSSR count). The Morgan fingerprint density at radius 1 is 1.12 bits per heavy atom. The number of amidine groups is 1. The van der Waals surface area contributed by atoms with E-state index in [1.807, 2.05) is 25.1 Å². The maximum atomic E-state index is 14.1. The van der Waals surface area contributed by atoms with Gasteiger partial charge in [-0.2, -0.15) is 0 Å². The molecule has 48 heavy (non-hydrogen) atoms. The predicted octanol–water partition coefficient (Wildman–Crippen LogP) is 4.84. The third-order valence-electron chi connectivity index (χ3n) is 9.43. The zero-order valence-electron chi connectivity index (χ0n) is 28.0. The number of aryl methyl sites for hydroxylation is 1. The molecule has 0 saturated carbocycles. The highest BCUT2D eigenvalue weighted by Crippen LogP contribution is 2.37. The fourth-order valence-corrected chi connectivity index (χ4v) is 7.72. The van der Waals surface area contributed by atoms with Gasteiger partial charge in [0.15, 0.2) is 11.4 Å². The van der Waals surface area contributed by atoms with Crippen molar-refractivity contribution in [3.63, 3.8) is 0 Å². The van der Waals surface area contributed by atoms with E-state index in [1.165, 1.54) is 0 Å². The molecule has 4 heterocycles. The zero-order chi connectivity index (χ0) is 34.1. The molecule has 1 aromatic heterocycles. The van der Waals surface area contributed by atoms with Crippen LogP contribution in [-0.4, -0.2) is 79.5 Å². The summed E-state index contributed by atoms with van der Waals surface area (Å²) in [5.41, 5.74) is 2.53. The quantitative estimate of drug-likeness (QED) is 0.271. The van der Waals surface area contributed by atoms with Crippen molar-refractivity contribution in [1.82, 2.24) is 15.0 Å². The highest BCUT2D eigenvalue weighted by Gasteiger charge is 2.53. The Balaban J connectivity index is 1.29. The molecule has 2 saturated heterocycles. The molecule has 1 spiro atoms. The minimum absolute atomic E-state index is 0.0367. The second kappa shape index (κ2) is 13.8. The molecule has 2 amide bonds. The number of likely N-dealkylation sites (tertiary alicyclic amines) is 1. The van der Waals surface area contributed by atoms with Crippen LogP contribution in [0.2, 0.25) is 0 Å². The van der Waals surface area contributed by atoms with Crippen LogP contribution in [0.4, 0.5) is 5.82 Å². The topological polar surface area (TPSA) is 144 Å². The fourth-order valence-electron chi connectivity index (χ4n) is 6.44. The number of ether oxygens (including phenoxy) is 2. The summed E-state index contributed by atoms with van der Waals surface area (Å²) in [5, 5.41) is 3.88. The van der Waals surface area contributed by atoms with Crippen LogP contribution in [0.1, 0.15) is 62.0 Å². The number of aliphatic imine (C=N–C) groups is 1. The summed E-state index contributed by atoms with van der Waals surface area (Å²) in [7, 11) is -4.03. The number of amides is 2. The minimum Gasteiger partial charge on any atom is -0.380 e. The van der Waals surface area contributed by atoms with E-state index < -0.39 is 15.6 Å². The average molecular weight is 678 g/mol. The lowest BCUT2D eigenvalue weighted by molar-refractivity contribution is -0.149. The third kappa shape index (κ3) is 6.50. The largest absolute Gasteiger partial charge is 0.380 e. The summed E-state index contributed by atoms with van der Waals surface area (Å²) in [6, 6.07) is 12.6. The molecule has 0 radical (unpaired) electrons. The molecule has 0 bridgehead atoms. The minimum atomic E-state index is -4.03. The molecular weight excluding hydrogens is 634 g/mol. The van der Waals surface area contributed by atoms with E-state index in [4.69, 9.17) is 19.0 Å². The van der Waals surface area contributed by atoms with E-state index in [1.54, 1.807) is 47.9 Å². The monoisotopic (exact) mass is 677 g/mol. The van der Waals surface area contributed by atoms with Gasteiger partial charge in [0.25, 0.3) is 15.9 Å². The number of carbonyl (C=O) groups excluding carboxylic acids is 2. The number of benzene rings is 2. The fraction of sp³-hybridized carbons (Fsp3) is 0.486. The van der Waals surface area contributed by atoms with Crippen molar-refractivity contribution in [2.24, 2.45) is 10.9 Å². The van der Waals surface area contributed by atoms with E-state index in [0.29, 0.717) is 68.2 Å². The van der Waals surface area contributed by atoms with Crippen LogP contribution in [0, 0.1) is 19.8 Å². The Bertz CT molecular complexity index is 1830. The summed E-state index contributed by atoms with van der Waals surface area (Å²) in [4.78, 5) is 35.8. The predicted molar refractivity (Wildman–Crippen MR) is 180 cm³/mol. The molecular formula is C35H43N5O7S. The molecule has 13 heteroatoms. The van der Waals surface area contributed by atoms with Gasteiger partial charge in [-0.25, -0.2) is 8.42 Å². The Morgan fingerprint density at radius 3 is 2.60 bits per heavy atom. The Morgan fingerprint density at radius 2 is 1.92 bits per heavy atom. The van der Waals surface area contributed by atoms with Crippen LogP contribution in [0.5, 0.6) is 0 Å². The van der Waals surface area contributed by atoms with Crippen molar-refractivity contribution in [1.29, 1.82) is 0 Å². The van der Waals surface area contributed by atoms with Gasteiger partial charge in [0, 0.05) is 37.1 Å².